The number of amides is 1. The van der Waals surface area contributed by atoms with Crippen molar-refractivity contribution in [2.75, 3.05) is 0 Å². The maximum atomic E-state index is 12.3. The molecule has 0 heterocycles. The molecule has 0 radical (unpaired) electrons. The summed E-state index contributed by atoms with van der Waals surface area (Å²) in [4.78, 5) is 12.3. The van der Waals surface area contributed by atoms with E-state index in [1.165, 1.54) is 32.1 Å². The number of ether oxygens (including phenoxy) is 1. The SMILES string of the molecule is Cc1cc(OC(C)C(=O)NC2CCCCCCC2)ccc1Cl. The molecule has 1 amide bonds. The molecule has 2 rings (SSSR count). The molecular weight excluding hydrogens is 298 g/mol. The Kier molecular flexibility index (Phi) is 6.56. The fourth-order valence-electron chi connectivity index (χ4n) is 2.87. The Hall–Kier alpha value is -1.22. The van der Waals surface area contributed by atoms with Gasteiger partial charge >= 0.3 is 0 Å². The van der Waals surface area contributed by atoms with Crippen LogP contribution in [0, 0.1) is 6.92 Å². The molecule has 3 nitrogen and oxygen atoms in total. The maximum Gasteiger partial charge on any atom is 0.260 e. The van der Waals surface area contributed by atoms with E-state index in [1.807, 2.05) is 13.0 Å². The van der Waals surface area contributed by atoms with Crippen LogP contribution in [0.2, 0.25) is 5.02 Å². The molecule has 1 fully saturated rings. The largest absolute Gasteiger partial charge is 0.481 e. The van der Waals surface area contributed by atoms with Crippen LogP contribution in [0.15, 0.2) is 18.2 Å². The van der Waals surface area contributed by atoms with Gasteiger partial charge in [0.1, 0.15) is 5.75 Å². The van der Waals surface area contributed by atoms with Gasteiger partial charge in [-0.05, 0) is 50.5 Å². The van der Waals surface area contributed by atoms with Crippen LogP contribution >= 0.6 is 11.6 Å². The van der Waals surface area contributed by atoms with Crippen molar-refractivity contribution in [1.29, 1.82) is 0 Å². The second kappa shape index (κ2) is 8.42. The molecule has 1 aromatic carbocycles. The van der Waals surface area contributed by atoms with Gasteiger partial charge in [-0.1, -0.05) is 43.7 Å². The van der Waals surface area contributed by atoms with Crippen molar-refractivity contribution < 1.29 is 9.53 Å². The van der Waals surface area contributed by atoms with Crippen molar-refractivity contribution in [3.05, 3.63) is 28.8 Å². The van der Waals surface area contributed by atoms with Gasteiger partial charge in [0.2, 0.25) is 0 Å². The quantitative estimate of drug-likeness (QED) is 0.876. The molecule has 1 aliphatic rings. The summed E-state index contributed by atoms with van der Waals surface area (Å²) in [6.07, 6.45) is 7.97. The van der Waals surface area contributed by atoms with Gasteiger partial charge in [0.25, 0.3) is 5.91 Å². The standard InChI is InChI=1S/C18H26ClNO2/c1-13-12-16(10-11-17(13)19)22-14(2)18(21)20-15-8-6-4-3-5-7-9-15/h10-12,14-15H,3-9H2,1-2H3,(H,20,21). The van der Waals surface area contributed by atoms with E-state index in [1.54, 1.807) is 19.1 Å². The van der Waals surface area contributed by atoms with Gasteiger partial charge in [0, 0.05) is 11.1 Å². The van der Waals surface area contributed by atoms with Crippen LogP contribution in [0.1, 0.15) is 57.4 Å². The van der Waals surface area contributed by atoms with E-state index in [0.29, 0.717) is 16.8 Å². The first-order valence-corrected chi connectivity index (χ1v) is 8.67. The summed E-state index contributed by atoms with van der Waals surface area (Å²) in [5.74, 6) is 0.653. The van der Waals surface area contributed by atoms with Gasteiger partial charge < -0.3 is 10.1 Å². The lowest BCUT2D eigenvalue weighted by Crippen LogP contribution is -2.42. The zero-order valence-corrected chi connectivity index (χ0v) is 14.3. The summed E-state index contributed by atoms with van der Waals surface area (Å²) in [5.41, 5.74) is 0.951. The molecule has 1 unspecified atom stereocenters. The molecule has 1 aliphatic carbocycles. The molecule has 1 aromatic rings. The van der Waals surface area contributed by atoms with Crippen LogP contribution in [0.25, 0.3) is 0 Å². The lowest BCUT2D eigenvalue weighted by Gasteiger charge is -2.23. The summed E-state index contributed by atoms with van der Waals surface area (Å²) < 4.78 is 5.74. The first kappa shape index (κ1) is 17.1. The third-order valence-corrected chi connectivity index (χ3v) is 4.69. The maximum absolute atomic E-state index is 12.3. The summed E-state index contributed by atoms with van der Waals surface area (Å²) >= 11 is 6.00. The van der Waals surface area contributed by atoms with Crippen molar-refractivity contribution in [3.63, 3.8) is 0 Å². The van der Waals surface area contributed by atoms with E-state index in [4.69, 9.17) is 16.3 Å². The normalized spacial score (nSPS) is 18.1. The van der Waals surface area contributed by atoms with Gasteiger partial charge in [-0.2, -0.15) is 0 Å². The van der Waals surface area contributed by atoms with E-state index < -0.39 is 6.10 Å². The predicted octanol–water partition coefficient (Wildman–Crippen LogP) is 4.64. The summed E-state index contributed by atoms with van der Waals surface area (Å²) in [6, 6.07) is 5.76. The lowest BCUT2D eigenvalue weighted by molar-refractivity contribution is -0.128. The van der Waals surface area contributed by atoms with Crippen LogP contribution in [0.5, 0.6) is 5.75 Å². The summed E-state index contributed by atoms with van der Waals surface area (Å²) in [5, 5.41) is 3.85. The van der Waals surface area contributed by atoms with E-state index in [9.17, 15) is 4.79 Å². The van der Waals surface area contributed by atoms with Crippen molar-refractivity contribution in [2.45, 2.75) is 70.9 Å². The molecule has 22 heavy (non-hydrogen) atoms. The van der Waals surface area contributed by atoms with Crippen molar-refractivity contribution in [1.82, 2.24) is 5.32 Å². The second-order valence-corrected chi connectivity index (χ2v) is 6.63. The lowest BCUT2D eigenvalue weighted by atomic mass is 9.96. The number of rotatable bonds is 4. The minimum Gasteiger partial charge on any atom is -0.481 e. The number of carbonyl (C=O) groups is 1. The molecule has 0 bridgehead atoms. The number of benzene rings is 1. The van der Waals surface area contributed by atoms with Crippen LogP contribution in [0.3, 0.4) is 0 Å². The first-order chi connectivity index (χ1) is 10.6. The molecule has 0 spiro atoms. The summed E-state index contributed by atoms with van der Waals surface area (Å²) in [7, 11) is 0. The smallest absolute Gasteiger partial charge is 0.260 e. The molecule has 1 N–H and O–H groups in total. The van der Waals surface area contributed by atoms with Crippen LogP contribution < -0.4 is 10.1 Å². The van der Waals surface area contributed by atoms with Crippen molar-refractivity contribution in [3.8, 4) is 5.75 Å². The summed E-state index contributed by atoms with van der Waals surface area (Å²) in [6.45, 7) is 3.72. The topological polar surface area (TPSA) is 38.3 Å². The molecular formula is C18H26ClNO2. The van der Waals surface area contributed by atoms with Crippen molar-refractivity contribution in [2.24, 2.45) is 0 Å². The molecule has 0 saturated heterocycles. The van der Waals surface area contributed by atoms with E-state index in [-0.39, 0.29) is 5.91 Å². The number of nitrogens with one attached hydrogen (secondary N) is 1. The van der Waals surface area contributed by atoms with Crippen molar-refractivity contribution >= 4 is 17.5 Å². The van der Waals surface area contributed by atoms with Crippen LogP contribution in [-0.2, 0) is 4.79 Å². The van der Waals surface area contributed by atoms with Gasteiger partial charge in [-0.25, -0.2) is 0 Å². The molecule has 1 saturated carbocycles. The number of hydrogen-bond donors (Lipinski definition) is 1. The zero-order valence-electron chi connectivity index (χ0n) is 13.5. The highest BCUT2D eigenvalue weighted by molar-refractivity contribution is 6.31. The number of carbonyl (C=O) groups excluding carboxylic acids is 1. The Morgan fingerprint density at radius 2 is 1.86 bits per heavy atom. The van der Waals surface area contributed by atoms with Gasteiger partial charge in [-0.15, -0.1) is 0 Å². The molecule has 4 heteroatoms. The van der Waals surface area contributed by atoms with Crippen LogP contribution in [0.4, 0.5) is 0 Å². The highest BCUT2D eigenvalue weighted by Crippen LogP contribution is 2.22. The predicted molar refractivity (Wildman–Crippen MR) is 90.5 cm³/mol. The fraction of sp³-hybridized carbons (Fsp3) is 0.611. The molecule has 0 aliphatic heterocycles. The minimum atomic E-state index is -0.494. The highest BCUT2D eigenvalue weighted by Gasteiger charge is 2.19. The highest BCUT2D eigenvalue weighted by atomic mass is 35.5. The van der Waals surface area contributed by atoms with Crippen LogP contribution in [-0.4, -0.2) is 18.1 Å². The Bertz CT molecular complexity index is 496. The Morgan fingerprint density at radius 1 is 1.23 bits per heavy atom. The van der Waals surface area contributed by atoms with E-state index >= 15 is 0 Å². The number of aryl methyl sites for hydroxylation is 1. The van der Waals surface area contributed by atoms with Gasteiger partial charge in [0.05, 0.1) is 0 Å². The first-order valence-electron chi connectivity index (χ1n) is 8.29. The van der Waals surface area contributed by atoms with Gasteiger partial charge in [-0.3, -0.25) is 4.79 Å². The molecule has 0 aromatic heterocycles. The molecule has 1 atom stereocenters. The average molecular weight is 324 g/mol. The van der Waals surface area contributed by atoms with E-state index in [0.717, 1.165) is 18.4 Å². The minimum absolute atomic E-state index is 0.0295. The Morgan fingerprint density at radius 3 is 2.50 bits per heavy atom. The third kappa shape index (κ3) is 5.20. The number of hydrogen-bond acceptors (Lipinski definition) is 2. The average Bonchev–Trinajstić information content (AvgIpc) is 2.45. The Balaban J connectivity index is 1.86. The number of halogens is 1. The monoisotopic (exact) mass is 323 g/mol. The third-order valence-electron chi connectivity index (χ3n) is 4.26. The van der Waals surface area contributed by atoms with Gasteiger partial charge in [0.15, 0.2) is 6.10 Å². The molecule has 122 valence electrons. The fourth-order valence-corrected chi connectivity index (χ4v) is 2.98. The Labute approximate surface area is 138 Å². The van der Waals surface area contributed by atoms with E-state index in [2.05, 4.69) is 5.32 Å². The second-order valence-electron chi connectivity index (χ2n) is 6.22. The zero-order chi connectivity index (χ0) is 15.9.